The second-order valence-corrected chi connectivity index (χ2v) is 4.80. The summed E-state index contributed by atoms with van der Waals surface area (Å²) in [5.74, 6) is 0. The van der Waals surface area contributed by atoms with Crippen LogP contribution in [0.3, 0.4) is 0 Å². The van der Waals surface area contributed by atoms with E-state index in [0.717, 1.165) is 13.1 Å². The maximum absolute atomic E-state index is 9.05. The van der Waals surface area contributed by atoms with Crippen molar-refractivity contribution in [2.24, 2.45) is 0 Å². The molecule has 1 fully saturated rings. The van der Waals surface area contributed by atoms with Crippen LogP contribution in [0.25, 0.3) is 0 Å². The van der Waals surface area contributed by atoms with Gasteiger partial charge in [-0.3, -0.25) is 9.80 Å². The Morgan fingerprint density at radius 2 is 1.86 bits per heavy atom. The molecule has 0 aromatic rings. The van der Waals surface area contributed by atoms with Gasteiger partial charge in [-0.2, -0.15) is 0 Å². The number of likely N-dealkylation sites (tertiary alicyclic amines) is 1. The molecule has 1 rings (SSSR count). The maximum Gasteiger partial charge on any atom is 0.0957 e. The van der Waals surface area contributed by atoms with Crippen molar-refractivity contribution < 1.29 is 5.11 Å². The van der Waals surface area contributed by atoms with Crippen molar-refractivity contribution >= 4 is 0 Å². The lowest BCUT2D eigenvalue weighted by atomic mass is 10.1. The molecule has 0 saturated carbocycles. The zero-order chi connectivity index (χ0) is 10.7. The summed E-state index contributed by atoms with van der Waals surface area (Å²) in [6.45, 7) is 11.3. The first-order valence-corrected chi connectivity index (χ1v) is 5.67. The van der Waals surface area contributed by atoms with Crippen LogP contribution in [0, 0.1) is 0 Å². The molecule has 0 aliphatic carbocycles. The van der Waals surface area contributed by atoms with Gasteiger partial charge < -0.3 is 5.11 Å². The molecule has 0 spiro atoms. The van der Waals surface area contributed by atoms with Crippen molar-refractivity contribution in [3.8, 4) is 0 Å². The fourth-order valence-corrected chi connectivity index (χ4v) is 2.62. The number of hydrogen-bond donors (Lipinski definition) is 1. The highest BCUT2D eigenvalue weighted by molar-refractivity contribution is 4.85. The smallest absolute Gasteiger partial charge is 0.0957 e. The highest BCUT2D eigenvalue weighted by Gasteiger charge is 2.29. The Kier molecular flexibility index (Phi) is 4.35. The Morgan fingerprint density at radius 1 is 1.29 bits per heavy atom. The highest BCUT2D eigenvalue weighted by Crippen LogP contribution is 2.19. The van der Waals surface area contributed by atoms with E-state index < -0.39 is 0 Å². The summed E-state index contributed by atoms with van der Waals surface area (Å²) in [7, 11) is 0. The van der Waals surface area contributed by atoms with Crippen LogP contribution in [0.5, 0.6) is 0 Å². The molecule has 1 atom stereocenters. The normalized spacial score (nSPS) is 24.4. The van der Waals surface area contributed by atoms with E-state index in [1.165, 1.54) is 6.42 Å². The summed E-state index contributed by atoms with van der Waals surface area (Å²) in [4.78, 5) is 4.66. The first-order chi connectivity index (χ1) is 6.56. The van der Waals surface area contributed by atoms with Crippen molar-refractivity contribution in [3.63, 3.8) is 0 Å². The quantitative estimate of drug-likeness (QED) is 0.737. The van der Waals surface area contributed by atoms with Gasteiger partial charge in [0.25, 0.3) is 0 Å². The Hall–Kier alpha value is -0.120. The van der Waals surface area contributed by atoms with Gasteiger partial charge in [-0.05, 0) is 34.1 Å². The van der Waals surface area contributed by atoms with Crippen molar-refractivity contribution in [1.82, 2.24) is 9.80 Å². The van der Waals surface area contributed by atoms with Crippen molar-refractivity contribution in [3.05, 3.63) is 0 Å². The van der Waals surface area contributed by atoms with Gasteiger partial charge in [-0.1, -0.05) is 0 Å². The van der Waals surface area contributed by atoms with E-state index in [1.807, 2.05) is 0 Å². The minimum Gasteiger partial charge on any atom is -0.381 e. The van der Waals surface area contributed by atoms with Gasteiger partial charge in [0.15, 0.2) is 0 Å². The topological polar surface area (TPSA) is 26.7 Å². The third kappa shape index (κ3) is 2.69. The summed E-state index contributed by atoms with van der Waals surface area (Å²) < 4.78 is 0. The molecule has 1 aliphatic heterocycles. The molecular formula is C11H24N2O. The molecule has 3 heteroatoms. The molecule has 0 radical (unpaired) electrons. The van der Waals surface area contributed by atoms with Gasteiger partial charge in [-0.15, -0.1) is 0 Å². The third-order valence-corrected chi connectivity index (χ3v) is 3.06. The van der Waals surface area contributed by atoms with Crippen LogP contribution in [0.15, 0.2) is 0 Å². The zero-order valence-electron chi connectivity index (χ0n) is 9.90. The SMILES string of the molecule is CC(C)N(C(C)C)C1CCN(CO)C1. The number of rotatable bonds is 4. The zero-order valence-corrected chi connectivity index (χ0v) is 9.90. The van der Waals surface area contributed by atoms with Gasteiger partial charge in [-0.25, -0.2) is 0 Å². The maximum atomic E-state index is 9.05. The molecule has 3 nitrogen and oxygen atoms in total. The first kappa shape index (κ1) is 12.0. The molecule has 0 bridgehead atoms. The van der Waals surface area contributed by atoms with Gasteiger partial charge in [0, 0.05) is 31.2 Å². The molecule has 0 aromatic heterocycles. The lowest BCUT2D eigenvalue weighted by molar-refractivity contribution is 0.0906. The number of nitrogens with zero attached hydrogens (tertiary/aromatic N) is 2. The third-order valence-electron chi connectivity index (χ3n) is 3.06. The fraction of sp³-hybridized carbons (Fsp3) is 1.00. The van der Waals surface area contributed by atoms with Crippen molar-refractivity contribution in [2.45, 2.75) is 52.2 Å². The van der Waals surface area contributed by atoms with Crippen LogP contribution in [0.4, 0.5) is 0 Å². The predicted octanol–water partition coefficient (Wildman–Crippen LogP) is 1.13. The van der Waals surface area contributed by atoms with Gasteiger partial charge in [0.2, 0.25) is 0 Å². The van der Waals surface area contributed by atoms with E-state index in [-0.39, 0.29) is 6.73 Å². The van der Waals surface area contributed by atoms with Gasteiger partial charge >= 0.3 is 0 Å². The molecule has 1 unspecified atom stereocenters. The number of hydrogen-bond acceptors (Lipinski definition) is 3. The molecule has 14 heavy (non-hydrogen) atoms. The van der Waals surface area contributed by atoms with E-state index in [9.17, 15) is 0 Å². The summed E-state index contributed by atoms with van der Waals surface area (Å²) in [5, 5.41) is 9.05. The summed E-state index contributed by atoms with van der Waals surface area (Å²) >= 11 is 0. The Morgan fingerprint density at radius 3 is 2.21 bits per heavy atom. The molecule has 0 aromatic carbocycles. The second kappa shape index (κ2) is 5.10. The number of aliphatic hydroxyl groups excluding tert-OH is 1. The van der Waals surface area contributed by atoms with Crippen molar-refractivity contribution in [1.29, 1.82) is 0 Å². The molecule has 1 saturated heterocycles. The largest absolute Gasteiger partial charge is 0.381 e. The molecule has 84 valence electrons. The lowest BCUT2D eigenvalue weighted by Gasteiger charge is -2.36. The van der Waals surface area contributed by atoms with Crippen LogP contribution in [-0.4, -0.2) is 52.9 Å². The van der Waals surface area contributed by atoms with E-state index in [2.05, 4.69) is 37.5 Å². The Bertz CT molecular complexity index is 163. The molecule has 0 amide bonds. The standard InChI is InChI=1S/C11H24N2O/c1-9(2)13(10(3)4)11-5-6-12(7-11)8-14/h9-11,14H,5-8H2,1-4H3. The van der Waals surface area contributed by atoms with Crippen LogP contribution in [-0.2, 0) is 0 Å². The second-order valence-electron chi connectivity index (χ2n) is 4.80. The molecule has 1 aliphatic rings. The lowest BCUT2D eigenvalue weighted by Crippen LogP contribution is -2.46. The fourth-order valence-electron chi connectivity index (χ4n) is 2.62. The van der Waals surface area contributed by atoms with Crippen LogP contribution >= 0.6 is 0 Å². The van der Waals surface area contributed by atoms with E-state index >= 15 is 0 Å². The number of aliphatic hydroxyl groups is 1. The minimum atomic E-state index is 0.209. The average Bonchev–Trinajstić information content (AvgIpc) is 2.51. The van der Waals surface area contributed by atoms with Gasteiger partial charge in [0.1, 0.15) is 0 Å². The predicted molar refractivity (Wildman–Crippen MR) is 59.2 cm³/mol. The summed E-state index contributed by atoms with van der Waals surface area (Å²) in [6, 6.07) is 1.82. The van der Waals surface area contributed by atoms with Gasteiger partial charge in [0.05, 0.1) is 6.73 Å². The van der Waals surface area contributed by atoms with Crippen molar-refractivity contribution in [2.75, 3.05) is 19.8 Å². The first-order valence-electron chi connectivity index (χ1n) is 5.67. The minimum absolute atomic E-state index is 0.209. The molecular weight excluding hydrogens is 176 g/mol. The molecule has 1 heterocycles. The molecule has 1 N–H and O–H groups in total. The van der Waals surface area contributed by atoms with E-state index in [4.69, 9.17) is 5.11 Å². The van der Waals surface area contributed by atoms with Crippen LogP contribution < -0.4 is 0 Å². The Labute approximate surface area is 87.7 Å². The highest BCUT2D eigenvalue weighted by atomic mass is 16.3. The van der Waals surface area contributed by atoms with Crippen LogP contribution in [0.1, 0.15) is 34.1 Å². The monoisotopic (exact) mass is 200 g/mol. The summed E-state index contributed by atoms with van der Waals surface area (Å²) in [6.07, 6.45) is 1.19. The van der Waals surface area contributed by atoms with Crippen LogP contribution in [0.2, 0.25) is 0 Å². The summed E-state index contributed by atoms with van der Waals surface area (Å²) in [5.41, 5.74) is 0. The van der Waals surface area contributed by atoms with E-state index in [1.54, 1.807) is 0 Å². The Balaban J connectivity index is 2.53. The van der Waals surface area contributed by atoms with E-state index in [0.29, 0.717) is 18.1 Å². The average molecular weight is 200 g/mol.